The molecule has 20 heavy (non-hydrogen) atoms. The van der Waals surface area contributed by atoms with Crippen molar-refractivity contribution >= 4 is 28.1 Å². The van der Waals surface area contributed by atoms with Crippen LogP contribution in [0.15, 0.2) is 23.1 Å². The minimum atomic E-state index is -1.16. The Balaban J connectivity index is 2.32. The fourth-order valence-corrected chi connectivity index (χ4v) is 3.75. The Labute approximate surface area is 126 Å². The van der Waals surface area contributed by atoms with Crippen LogP contribution < -0.4 is 5.73 Å². The molecule has 0 saturated heterocycles. The van der Waals surface area contributed by atoms with Crippen molar-refractivity contribution in [2.45, 2.75) is 38.0 Å². The first-order valence-electron chi connectivity index (χ1n) is 6.40. The van der Waals surface area contributed by atoms with E-state index >= 15 is 0 Å². The van der Waals surface area contributed by atoms with Crippen LogP contribution in [0.4, 0.5) is 5.69 Å². The second-order valence-corrected chi connectivity index (χ2v) is 6.47. The third kappa shape index (κ3) is 2.88. The zero-order valence-corrected chi connectivity index (χ0v) is 13.4. The van der Waals surface area contributed by atoms with Crippen molar-refractivity contribution in [2.24, 2.45) is 0 Å². The Morgan fingerprint density at radius 3 is 2.70 bits per heavy atom. The molecule has 0 radical (unpaired) electrons. The van der Waals surface area contributed by atoms with E-state index < -0.39 is 10.8 Å². The van der Waals surface area contributed by atoms with E-state index in [1.807, 2.05) is 37.6 Å². The monoisotopic (exact) mass is 311 g/mol. The quantitative estimate of drug-likeness (QED) is 0.883. The van der Waals surface area contributed by atoms with Crippen LogP contribution in [0.5, 0.6) is 0 Å². The van der Waals surface area contributed by atoms with Crippen molar-refractivity contribution in [1.82, 2.24) is 9.78 Å². The van der Waals surface area contributed by atoms with Gasteiger partial charge in [-0.3, -0.25) is 8.89 Å². The molecule has 2 aromatic rings. The standard InChI is InChI=1S/C14H18ClN3OS/c1-4-18-12(14(15)10(3)17-18)8-20(19)13-6-5-11(16)7-9(13)2/h5-7H,4,8,16H2,1-3H3. The van der Waals surface area contributed by atoms with E-state index in [0.29, 0.717) is 23.0 Å². The fraction of sp³-hybridized carbons (Fsp3) is 0.357. The van der Waals surface area contributed by atoms with Crippen molar-refractivity contribution in [3.05, 3.63) is 40.2 Å². The summed E-state index contributed by atoms with van der Waals surface area (Å²) in [5, 5.41) is 4.95. The number of benzene rings is 1. The fourth-order valence-electron chi connectivity index (χ4n) is 2.14. The van der Waals surface area contributed by atoms with Gasteiger partial charge in [0.2, 0.25) is 0 Å². The Morgan fingerprint density at radius 2 is 2.10 bits per heavy atom. The number of nitrogen functional groups attached to an aromatic ring is 1. The highest BCUT2D eigenvalue weighted by atomic mass is 35.5. The molecule has 2 rings (SSSR count). The second-order valence-electron chi connectivity index (χ2n) is 4.68. The molecule has 0 fully saturated rings. The highest BCUT2D eigenvalue weighted by molar-refractivity contribution is 7.84. The molecule has 1 aromatic heterocycles. The second kappa shape index (κ2) is 5.97. The van der Waals surface area contributed by atoms with Gasteiger partial charge in [0.1, 0.15) is 0 Å². The van der Waals surface area contributed by atoms with E-state index in [-0.39, 0.29) is 0 Å². The lowest BCUT2D eigenvalue weighted by Gasteiger charge is -2.08. The summed E-state index contributed by atoms with van der Waals surface area (Å²) in [5.41, 5.74) is 8.92. The molecule has 1 aromatic carbocycles. The molecule has 6 heteroatoms. The molecule has 0 aliphatic rings. The molecule has 1 heterocycles. The van der Waals surface area contributed by atoms with Gasteiger partial charge >= 0.3 is 0 Å². The molecule has 1 unspecified atom stereocenters. The third-order valence-corrected chi connectivity index (χ3v) is 5.14. The summed E-state index contributed by atoms with van der Waals surface area (Å²) < 4.78 is 14.4. The molecule has 0 aliphatic heterocycles. The Morgan fingerprint density at radius 1 is 1.40 bits per heavy atom. The van der Waals surface area contributed by atoms with Gasteiger partial charge in [0.05, 0.1) is 33.0 Å². The zero-order chi connectivity index (χ0) is 14.9. The van der Waals surface area contributed by atoms with Gasteiger partial charge in [-0.05, 0) is 44.5 Å². The average Bonchev–Trinajstić information content (AvgIpc) is 2.66. The van der Waals surface area contributed by atoms with E-state index in [2.05, 4.69) is 5.10 Å². The van der Waals surface area contributed by atoms with Crippen molar-refractivity contribution < 1.29 is 4.21 Å². The summed E-state index contributed by atoms with van der Waals surface area (Å²) >= 11 is 6.25. The number of hydrogen-bond donors (Lipinski definition) is 1. The summed E-state index contributed by atoms with van der Waals surface area (Å²) in [5.74, 6) is 0.359. The number of aromatic nitrogens is 2. The van der Waals surface area contributed by atoms with Crippen LogP contribution in [0.3, 0.4) is 0 Å². The molecule has 1 atom stereocenters. The maximum Gasteiger partial charge on any atom is 0.0856 e. The number of anilines is 1. The lowest BCUT2D eigenvalue weighted by atomic mass is 10.2. The van der Waals surface area contributed by atoms with Gasteiger partial charge in [-0.25, -0.2) is 0 Å². The number of aryl methyl sites for hydroxylation is 3. The van der Waals surface area contributed by atoms with Crippen LogP contribution in [0.1, 0.15) is 23.9 Å². The number of nitrogens with zero attached hydrogens (tertiary/aromatic N) is 2. The maximum atomic E-state index is 12.5. The van der Waals surface area contributed by atoms with Crippen molar-refractivity contribution in [3.8, 4) is 0 Å². The highest BCUT2D eigenvalue weighted by Crippen LogP contribution is 2.25. The minimum Gasteiger partial charge on any atom is -0.399 e. The lowest BCUT2D eigenvalue weighted by molar-refractivity contribution is 0.627. The first-order valence-corrected chi connectivity index (χ1v) is 8.10. The summed E-state index contributed by atoms with van der Waals surface area (Å²) in [4.78, 5) is 0.789. The van der Waals surface area contributed by atoms with E-state index in [1.165, 1.54) is 0 Å². The average molecular weight is 312 g/mol. The van der Waals surface area contributed by atoms with Crippen LogP contribution in [0.25, 0.3) is 0 Å². The SMILES string of the molecule is CCn1nc(C)c(Cl)c1CS(=O)c1ccc(N)cc1C. The molecule has 0 aliphatic carbocycles. The van der Waals surface area contributed by atoms with Crippen LogP contribution >= 0.6 is 11.6 Å². The molecular weight excluding hydrogens is 294 g/mol. The zero-order valence-electron chi connectivity index (χ0n) is 11.8. The smallest absolute Gasteiger partial charge is 0.0856 e. The molecule has 4 nitrogen and oxygen atoms in total. The van der Waals surface area contributed by atoms with Gasteiger partial charge in [-0.1, -0.05) is 11.6 Å². The molecular formula is C14H18ClN3OS. The third-order valence-electron chi connectivity index (χ3n) is 3.16. The van der Waals surface area contributed by atoms with Crippen LogP contribution in [-0.4, -0.2) is 14.0 Å². The van der Waals surface area contributed by atoms with Crippen molar-refractivity contribution in [1.29, 1.82) is 0 Å². The molecule has 2 N–H and O–H groups in total. The molecule has 0 saturated carbocycles. The summed E-state index contributed by atoms with van der Waals surface area (Å²) in [6.45, 7) is 6.47. The number of nitrogens with two attached hydrogens (primary N) is 1. The maximum absolute atomic E-state index is 12.5. The minimum absolute atomic E-state index is 0.359. The van der Waals surface area contributed by atoms with Crippen molar-refractivity contribution in [3.63, 3.8) is 0 Å². The van der Waals surface area contributed by atoms with Gasteiger partial charge < -0.3 is 5.73 Å². The summed E-state index contributed by atoms with van der Waals surface area (Å²) in [7, 11) is -1.16. The van der Waals surface area contributed by atoms with E-state index in [0.717, 1.165) is 21.8 Å². The normalized spacial score (nSPS) is 12.6. The number of rotatable bonds is 4. The summed E-state index contributed by atoms with van der Waals surface area (Å²) in [6.07, 6.45) is 0. The van der Waals surface area contributed by atoms with Gasteiger partial charge in [-0.15, -0.1) is 0 Å². The first-order chi connectivity index (χ1) is 9.43. The first kappa shape index (κ1) is 15.1. The van der Waals surface area contributed by atoms with E-state index in [9.17, 15) is 4.21 Å². The summed E-state index contributed by atoms with van der Waals surface area (Å²) in [6, 6.07) is 5.41. The van der Waals surface area contributed by atoms with Crippen LogP contribution in [-0.2, 0) is 23.1 Å². The Kier molecular flexibility index (Phi) is 4.50. The number of halogens is 1. The largest absolute Gasteiger partial charge is 0.399 e. The lowest BCUT2D eigenvalue weighted by Crippen LogP contribution is -2.07. The van der Waals surface area contributed by atoms with Crippen LogP contribution in [0.2, 0.25) is 5.02 Å². The van der Waals surface area contributed by atoms with Crippen molar-refractivity contribution in [2.75, 3.05) is 5.73 Å². The molecule has 0 spiro atoms. The van der Waals surface area contributed by atoms with E-state index in [4.69, 9.17) is 17.3 Å². The van der Waals surface area contributed by atoms with Gasteiger partial charge in [0.25, 0.3) is 0 Å². The predicted molar refractivity (Wildman–Crippen MR) is 83.4 cm³/mol. The Bertz CT molecular complexity index is 667. The van der Waals surface area contributed by atoms with Gasteiger partial charge in [-0.2, -0.15) is 5.10 Å². The topological polar surface area (TPSA) is 60.9 Å². The van der Waals surface area contributed by atoms with Gasteiger partial charge in [0.15, 0.2) is 0 Å². The highest BCUT2D eigenvalue weighted by Gasteiger charge is 2.17. The molecule has 108 valence electrons. The molecule has 0 bridgehead atoms. The van der Waals surface area contributed by atoms with Gasteiger partial charge in [0, 0.05) is 17.1 Å². The Hall–Kier alpha value is -1.33. The van der Waals surface area contributed by atoms with E-state index in [1.54, 1.807) is 6.07 Å². The van der Waals surface area contributed by atoms with Crippen LogP contribution in [0, 0.1) is 13.8 Å². The number of hydrogen-bond acceptors (Lipinski definition) is 3. The molecule has 0 amide bonds. The predicted octanol–water partition coefficient (Wildman–Crippen LogP) is 3.06.